The molecule has 4 heteroatoms. The lowest BCUT2D eigenvalue weighted by Crippen LogP contribution is -2.37. The zero-order valence-electron chi connectivity index (χ0n) is 9.24. The van der Waals surface area contributed by atoms with Crippen molar-refractivity contribution in [2.45, 2.75) is 19.8 Å². The molecule has 0 bridgehead atoms. The van der Waals surface area contributed by atoms with Crippen LogP contribution in [0.3, 0.4) is 0 Å². The Balaban J connectivity index is 3.92. The summed E-state index contributed by atoms with van der Waals surface area (Å²) in [5.41, 5.74) is -0.720. The van der Waals surface area contributed by atoms with Crippen molar-refractivity contribution in [3.05, 3.63) is 0 Å². The van der Waals surface area contributed by atoms with Gasteiger partial charge in [0.25, 0.3) is 0 Å². The van der Waals surface area contributed by atoms with Crippen molar-refractivity contribution in [1.82, 2.24) is 4.90 Å². The van der Waals surface area contributed by atoms with E-state index in [0.29, 0.717) is 6.42 Å². The van der Waals surface area contributed by atoms with Crippen molar-refractivity contribution in [3.63, 3.8) is 0 Å². The highest BCUT2D eigenvalue weighted by atomic mass is 16.3. The summed E-state index contributed by atoms with van der Waals surface area (Å²) in [7, 11) is 2.00. The van der Waals surface area contributed by atoms with Crippen molar-refractivity contribution >= 4 is 0 Å². The zero-order chi connectivity index (χ0) is 11.0. The van der Waals surface area contributed by atoms with E-state index in [2.05, 4.69) is 11.8 Å². The lowest BCUT2D eigenvalue weighted by Gasteiger charge is -2.29. The van der Waals surface area contributed by atoms with Crippen LogP contribution in [0.15, 0.2) is 0 Å². The molecule has 86 valence electrons. The molecule has 0 saturated heterocycles. The summed E-state index contributed by atoms with van der Waals surface area (Å²) in [6, 6.07) is 0. The second-order valence-corrected chi connectivity index (χ2v) is 4.03. The van der Waals surface area contributed by atoms with E-state index in [-0.39, 0.29) is 19.8 Å². The Labute approximate surface area is 86.2 Å². The van der Waals surface area contributed by atoms with Gasteiger partial charge in [-0.2, -0.15) is 0 Å². The first kappa shape index (κ1) is 13.8. The molecule has 0 spiro atoms. The van der Waals surface area contributed by atoms with Crippen LogP contribution in [0.4, 0.5) is 0 Å². The van der Waals surface area contributed by atoms with Gasteiger partial charge in [0.1, 0.15) is 0 Å². The second-order valence-electron chi connectivity index (χ2n) is 4.03. The molecule has 0 unspecified atom stereocenters. The van der Waals surface area contributed by atoms with E-state index in [1.54, 1.807) is 0 Å². The van der Waals surface area contributed by atoms with Gasteiger partial charge >= 0.3 is 0 Å². The lowest BCUT2D eigenvalue weighted by atomic mass is 9.87. The summed E-state index contributed by atoms with van der Waals surface area (Å²) >= 11 is 0. The molecule has 0 aromatic heterocycles. The fourth-order valence-electron chi connectivity index (χ4n) is 1.31. The molecule has 0 aliphatic carbocycles. The third-order valence-electron chi connectivity index (χ3n) is 2.64. The number of hydrogen-bond donors (Lipinski definition) is 3. The van der Waals surface area contributed by atoms with Gasteiger partial charge in [-0.1, -0.05) is 6.92 Å². The summed E-state index contributed by atoms with van der Waals surface area (Å²) in [5.74, 6) is 0. The normalized spacial score (nSPS) is 12.4. The quantitative estimate of drug-likeness (QED) is 0.508. The maximum atomic E-state index is 9.08. The Hall–Kier alpha value is -0.160. The van der Waals surface area contributed by atoms with Gasteiger partial charge in [-0.15, -0.1) is 0 Å². The molecule has 0 saturated carbocycles. The van der Waals surface area contributed by atoms with Gasteiger partial charge in [-0.05, 0) is 33.0 Å². The molecule has 0 atom stereocenters. The maximum absolute atomic E-state index is 9.08. The predicted molar refractivity (Wildman–Crippen MR) is 56.1 cm³/mol. The first-order valence-corrected chi connectivity index (χ1v) is 5.15. The van der Waals surface area contributed by atoms with Crippen molar-refractivity contribution in [2.75, 3.05) is 40.0 Å². The van der Waals surface area contributed by atoms with E-state index in [1.807, 2.05) is 7.05 Å². The summed E-state index contributed by atoms with van der Waals surface area (Å²) in [5, 5.41) is 27.2. The van der Waals surface area contributed by atoms with Gasteiger partial charge in [-0.3, -0.25) is 0 Å². The molecule has 0 aliphatic heterocycles. The van der Waals surface area contributed by atoms with E-state index >= 15 is 0 Å². The average Bonchev–Trinajstić information content (AvgIpc) is 2.21. The fraction of sp³-hybridized carbons (Fsp3) is 1.00. The van der Waals surface area contributed by atoms with Gasteiger partial charge in [0, 0.05) is 5.41 Å². The Bertz CT molecular complexity index is 129. The third kappa shape index (κ3) is 4.37. The van der Waals surface area contributed by atoms with E-state index in [9.17, 15) is 0 Å². The van der Waals surface area contributed by atoms with Crippen molar-refractivity contribution in [2.24, 2.45) is 5.41 Å². The molecule has 0 heterocycles. The second kappa shape index (κ2) is 7.17. The number of nitrogens with zero attached hydrogens (tertiary/aromatic N) is 1. The Kier molecular flexibility index (Phi) is 7.09. The van der Waals surface area contributed by atoms with Crippen molar-refractivity contribution < 1.29 is 15.3 Å². The monoisotopic (exact) mass is 205 g/mol. The molecule has 4 nitrogen and oxygen atoms in total. The number of aliphatic hydroxyl groups excluding tert-OH is 3. The van der Waals surface area contributed by atoms with Crippen LogP contribution in [0.2, 0.25) is 0 Å². The predicted octanol–water partition coefficient (Wildman–Crippen LogP) is -0.318. The van der Waals surface area contributed by atoms with Gasteiger partial charge < -0.3 is 20.2 Å². The summed E-state index contributed by atoms with van der Waals surface area (Å²) in [6.45, 7) is 3.39. The minimum absolute atomic E-state index is 0.167. The highest BCUT2D eigenvalue weighted by Crippen LogP contribution is 2.19. The van der Waals surface area contributed by atoms with E-state index < -0.39 is 5.41 Å². The van der Waals surface area contributed by atoms with Crippen LogP contribution in [0.1, 0.15) is 19.8 Å². The molecule has 0 fully saturated rings. The molecule has 14 heavy (non-hydrogen) atoms. The first-order valence-electron chi connectivity index (χ1n) is 5.15. The van der Waals surface area contributed by atoms with Gasteiger partial charge in [0.2, 0.25) is 0 Å². The number of aliphatic hydroxyl groups is 3. The van der Waals surface area contributed by atoms with Gasteiger partial charge in [0.05, 0.1) is 19.8 Å². The molecule has 0 radical (unpaired) electrons. The molecule has 0 aromatic rings. The van der Waals surface area contributed by atoms with E-state index in [0.717, 1.165) is 19.5 Å². The molecule has 0 aromatic carbocycles. The topological polar surface area (TPSA) is 63.9 Å². The average molecular weight is 205 g/mol. The van der Waals surface area contributed by atoms with Crippen molar-refractivity contribution in [3.8, 4) is 0 Å². The standard InChI is InChI=1S/C10H23NO3/c1-3-5-11(2)6-4-10(7-12,8-13)9-14/h12-14H,3-9H2,1-2H3. The Morgan fingerprint density at radius 2 is 1.50 bits per heavy atom. The third-order valence-corrected chi connectivity index (χ3v) is 2.64. The van der Waals surface area contributed by atoms with Gasteiger partial charge in [0.15, 0.2) is 0 Å². The SMILES string of the molecule is CCCN(C)CCC(CO)(CO)CO. The van der Waals surface area contributed by atoms with Crippen LogP contribution in [0.25, 0.3) is 0 Å². The number of rotatable bonds is 8. The fourth-order valence-corrected chi connectivity index (χ4v) is 1.31. The zero-order valence-corrected chi connectivity index (χ0v) is 9.24. The van der Waals surface area contributed by atoms with Crippen molar-refractivity contribution in [1.29, 1.82) is 0 Å². The van der Waals surface area contributed by atoms with Gasteiger partial charge in [-0.25, -0.2) is 0 Å². The van der Waals surface area contributed by atoms with Crippen LogP contribution < -0.4 is 0 Å². The lowest BCUT2D eigenvalue weighted by molar-refractivity contribution is -0.00561. The van der Waals surface area contributed by atoms with E-state index in [4.69, 9.17) is 15.3 Å². The minimum atomic E-state index is -0.720. The Morgan fingerprint density at radius 1 is 1.00 bits per heavy atom. The molecule has 0 aliphatic rings. The molecule has 0 rings (SSSR count). The summed E-state index contributed by atoms with van der Waals surface area (Å²) in [6.07, 6.45) is 1.70. The Morgan fingerprint density at radius 3 is 1.86 bits per heavy atom. The minimum Gasteiger partial charge on any atom is -0.396 e. The van der Waals surface area contributed by atoms with Crippen LogP contribution in [-0.2, 0) is 0 Å². The van der Waals surface area contributed by atoms with Crippen LogP contribution in [0, 0.1) is 5.41 Å². The molecule has 0 amide bonds. The smallest absolute Gasteiger partial charge is 0.0532 e. The highest BCUT2D eigenvalue weighted by molar-refractivity contribution is 4.78. The molecular formula is C10H23NO3. The van der Waals surface area contributed by atoms with Crippen LogP contribution >= 0.6 is 0 Å². The molecular weight excluding hydrogens is 182 g/mol. The first-order chi connectivity index (χ1) is 6.64. The summed E-state index contributed by atoms with van der Waals surface area (Å²) in [4.78, 5) is 2.13. The highest BCUT2D eigenvalue weighted by Gasteiger charge is 2.27. The van der Waals surface area contributed by atoms with E-state index in [1.165, 1.54) is 0 Å². The molecule has 3 N–H and O–H groups in total. The van der Waals surface area contributed by atoms with Crippen LogP contribution in [0.5, 0.6) is 0 Å². The summed E-state index contributed by atoms with van der Waals surface area (Å²) < 4.78 is 0. The largest absolute Gasteiger partial charge is 0.396 e. The van der Waals surface area contributed by atoms with Crippen LogP contribution in [-0.4, -0.2) is 60.2 Å². The maximum Gasteiger partial charge on any atom is 0.0532 e. The number of hydrogen-bond acceptors (Lipinski definition) is 4.